The largest absolute Gasteiger partial charge is 0.506 e. The van der Waals surface area contributed by atoms with Crippen molar-refractivity contribution in [2.45, 2.75) is 82.6 Å². The van der Waals surface area contributed by atoms with Crippen LogP contribution < -0.4 is 21.7 Å². The van der Waals surface area contributed by atoms with E-state index in [1.807, 2.05) is 56.0 Å². The van der Waals surface area contributed by atoms with Gasteiger partial charge in [-0.15, -0.1) is 0 Å². The van der Waals surface area contributed by atoms with Crippen molar-refractivity contribution < 1.29 is 29.4 Å². The Labute approximate surface area is 269 Å². The molecule has 11 heteroatoms. The Kier molecular flexibility index (Phi) is 11.4. The van der Waals surface area contributed by atoms with Gasteiger partial charge in [0.2, 0.25) is 17.7 Å². The first-order chi connectivity index (χ1) is 21.8. The van der Waals surface area contributed by atoms with Gasteiger partial charge in [-0.3, -0.25) is 24.1 Å². The molecule has 246 valence electrons. The zero-order valence-electron chi connectivity index (χ0n) is 26.7. The molecule has 0 aromatic heterocycles. The number of fused-ring (bicyclic) bond motifs is 1. The fourth-order valence-electron chi connectivity index (χ4n) is 5.85. The average Bonchev–Trinajstić information content (AvgIpc) is 3.00. The number of aliphatic hydroxyl groups excluding tert-OH is 1. The third kappa shape index (κ3) is 9.27. The Morgan fingerprint density at radius 1 is 0.957 bits per heavy atom. The quantitative estimate of drug-likeness (QED) is 0.178. The van der Waals surface area contributed by atoms with E-state index >= 15 is 0 Å². The maximum atomic E-state index is 13.7. The predicted octanol–water partition coefficient (Wildman–Crippen LogP) is 2.38. The van der Waals surface area contributed by atoms with Crippen LogP contribution in [0.25, 0.3) is 10.8 Å². The lowest BCUT2D eigenvalue weighted by molar-refractivity contribution is -0.131. The fourth-order valence-corrected chi connectivity index (χ4v) is 5.85. The van der Waals surface area contributed by atoms with Gasteiger partial charge in [0.15, 0.2) is 0 Å². The van der Waals surface area contributed by atoms with Gasteiger partial charge in [0, 0.05) is 17.5 Å². The highest BCUT2D eigenvalue weighted by Crippen LogP contribution is 2.28. The summed E-state index contributed by atoms with van der Waals surface area (Å²) in [6, 6.07) is 16.8. The molecule has 4 atom stereocenters. The van der Waals surface area contributed by atoms with E-state index in [4.69, 9.17) is 5.73 Å². The standard InChI is InChI=1S/C35H45N5O6/c1-35(2,3)39-34(46)28-15-9-10-18-40(28)21-29(41)26(19-22-11-5-4-6-12-22)37-33(45)27(20-30(36)42)38-32(44)25-17-16-23-13-7-8-14-24(23)31(25)43/h4-8,11-14,16-17,26-29,41,43H,9-10,15,18-21H2,1-3H3,(H2,36,42)(H,37,45)(H,38,44)(H,39,46)/t26?,27-,28-,29?/m0/s1. The lowest BCUT2D eigenvalue weighted by atomic mass is 9.96. The SMILES string of the molecule is CC(C)(C)NC(=O)[C@@H]1CCCCN1CC(O)C(Cc1ccccc1)NC(=O)[C@H](CC(N)=O)NC(=O)c1ccc2ccccc2c1O. The summed E-state index contributed by atoms with van der Waals surface area (Å²) < 4.78 is 0. The monoisotopic (exact) mass is 631 g/mol. The molecule has 1 fully saturated rings. The van der Waals surface area contributed by atoms with Gasteiger partial charge in [0.1, 0.15) is 11.8 Å². The highest BCUT2D eigenvalue weighted by atomic mass is 16.3. The number of benzene rings is 3. The van der Waals surface area contributed by atoms with E-state index in [0.29, 0.717) is 18.4 Å². The zero-order chi connectivity index (χ0) is 33.4. The molecular weight excluding hydrogens is 586 g/mol. The first kappa shape index (κ1) is 34.4. The van der Waals surface area contributed by atoms with Crippen molar-refractivity contribution >= 4 is 34.4 Å². The number of β-amino-alcohol motifs (C(OH)–C–C–N with tert-alkyl or cyclic N) is 1. The number of hydrogen-bond acceptors (Lipinski definition) is 7. The molecule has 3 aromatic carbocycles. The smallest absolute Gasteiger partial charge is 0.255 e. The Hall–Kier alpha value is -4.48. The molecule has 0 bridgehead atoms. The summed E-state index contributed by atoms with van der Waals surface area (Å²) in [6.45, 7) is 6.49. The Morgan fingerprint density at radius 3 is 2.35 bits per heavy atom. The molecule has 2 unspecified atom stereocenters. The van der Waals surface area contributed by atoms with Crippen molar-refractivity contribution in [1.82, 2.24) is 20.9 Å². The minimum Gasteiger partial charge on any atom is -0.506 e. The van der Waals surface area contributed by atoms with Gasteiger partial charge >= 0.3 is 0 Å². The molecule has 11 nitrogen and oxygen atoms in total. The van der Waals surface area contributed by atoms with E-state index < -0.39 is 53.9 Å². The predicted molar refractivity (Wildman–Crippen MR) is 176 cm³/mol. The molecule has 4 amide bonds. The number of likely N-dealkylation sites (tertiary alicyclic amines) is 1. The number of phenols is 1. The fraction of sp³-hybridized carbons (Fsp3) is 0.429. The van der Waals surface area contributed by atoms with Crippen molar-refractivity contribution in [3.05, 3.63) is 77.9 Å². The number of primary amides is 1. The highest BCUT2D eigenvalue weighted by molar-refractivity contribution is 6.05. The minimum absolute atomic E-state index is 0.0634. The normalized spacial score (nSPS) is 17.4. The molecule has 46 heavy (non-hydrogen) atoms. The Bertz CT molecular complexity index is 1540. The molecule has 1 heterocycles. The van der Waals surface area contributed by atoms with Gasteiger partial charge in [-0.1, -0.05) is 67.1 Å². The van der Waals surface area contributed by atoms with Gasteiger partial charge < -0.3 is 31.9 Å². The van der Waals surface area contributed by atoms with E-state index in [1.54, 1.807) is 30.3 Å². The van der Waals surface area contributed by atoms with Crippen LogP contribution in [0.15, 0.2) is 66.7 Å². The van der Waals surface area contributed by atoms with Crippen molar-refractivity contribution in [2.75, 3.05) is 13.1 Å². The lowest BCUT2D eigenvalue weighted by Gasteiger charge is -2.39. The van der Waals surface area contributed by atoms with Crippen molar-refractivity contribution in [1.29, 1.82) is 0 Å². The van der Waals surface area contributed by atoms with Crippen LogP contribution in [0.2, 0.25) is 0 Å². The third-order valence-corrected chi connectivity index (χ3v) is 8.10. The Morgan fingerprint density at radius 2 is 1.65 bits per heavy atom. The number of carbonyl (C=O) groups is 4. The van der Waals surface area contributed by atoms with Gasteiger partial charge in [-0.2, -0.15) is 0 Å². The average molecular weight is 632 g/mol. The van der Waals surface area contributed by atoms with Gasteiger partial charge in [0.05, 0.1) is 30.2 Å². The van der Waals surface area contributed by atoms with E-state index in [0.717, 1.165) is 23.8 Å². The maximum Gasteiger partial charge on any atom is 0.255 e. The van der Waals surface area contributed by atoms with Crippen LogP contribution >= 0.6 is 0 Å². The van der Waals surface area contributed by atoms with E-state index in [9.17, 15) is 29.4 Å². The number of nitrogens with one attached hydrogen (secondary N) is 3. The number of phenolic OH excluding ortho intramolecular Hbond substituents is 1. The zero-order valence-corrected chi connectivity index (χ0v) is 26.7. The second-order valence-electron chi connectivity index (χ2n) is 13.0. The number of hydrogen-bond donors (Lipinski definition) is 6. The second-order valence-corrected chi connectivity index (χ2v) is 13.0. The number of rotatable bonds is 12. The van der Waals surface area contributed by atoms with Crippen molar-refractivity contribution in [3.63, 3.8) is 0 Å². The third-order valence-electron chi connectivity index (χ3n) is 8.10. The van der Waals surface area contributed by atoms with E-state index in [-0.39, 0.29) is 30.2 Å². The summed E-state index contributed by atoms with van der Waals surface area (Å²) in [5.74, 6) is -2.65. The first-order valence-corrected chi connectivity index (χ1v) is 15.7. The number of carbonyl (C=O) groups excluding carboxylic acids is 4. The molecule has 1 aliphatic rings. The molecule has 0 radical (unpaired) electrons. The molecule has 1 saturated heterocycles. The molecule has 0 spiro atoms. The van der Waals surface area contributed by atoms with Crippen molar-refractivity contribution in [2.24, 2.45) is 5.73 Å². The molecular formula is C35H45N5O6. The van der Waals surface area contributed by atoms with Gasteiger partial charge in [-0.05, 0) is 63.6 Å². The summed E-state index contributed by atoms with van der Waals surface area (Å²) >= 11 is 0. The highest BCUT2D eigenvalue weighted by Gasteiger charge is 2.35. The molecule has 4 rings (SSSR count). The molecule has 1 aliphatic heterocycles. The first-order valence-electron chi connectivity index (χ1n) is 15.7. The number of piperidine rings is 1. The van der Waals surface area contributed by atoms with Crippen LogP contribution in [-0.4, -0.2) is 81.6 Å². The minimum atomic E-state index is -1.37. The van der Waals surface area contributed by atoms with Crippen LogP contribution in [0.1, 0.15) is 62.4 Å². The van der Waals surface area contributed by atoms with Crippen LogP contribution in [0.5, 0.6) is 5.75 Å². The van der Waals surface area contributed by atoms with Crippen LogP contribution in [-0.2, 0) is 20.8 Å². The summed E-state index contributed by atoms with van der Waals surface area (Å²) in [5.41, 5.74) is 5.84. The Balaban J connectivity index is 1.54. The molecule has 0 saturated carbocycles. The lowest BCUT2D eigenvalue weighted by Crippen LogP contribution is -2.59. The van der Waals surface area contributed by atoms with Crippen LogP contribution in [0, 0.1) is 0 Å². The summed E-state index contributed by atoms with van der Waals surface area (Å²) in [7, 11) is 0. The second kappa shape index (κ2) is 15.2. The maximum absolute atomic E-state index is 13.7. The number of aromatic hydroxyl groups is 1. The molecule has 7 N–H and O–H groups in total. The summed E-state index contributed by atoms with van der Waals surface area (Å²) in [6.07, 6.45) is 1.07. The van der Waals surface area contributed by atoms with Gasteiger partial charge in [-0.25, -0.2) is 0 Å². The van der Waals surface area contributed by atoms with Gasteiger partial charge in [0.25, 0.3) is 5.91 Å². The number of nitrogens with two attached hydrogens (primary N) is 1. The number of amides is 4. The summed E-state index contributed by atoms with van der Waals surface area (Å²) in [4.78, 5) is 54.1. The number of aliphatic hydroxyl groups is 1. The number of nitrogens with zero attached hydrogens (tertiary/aromatic N) is 1. The molecule has 0 aliphatic carbocycles. The van der Waals surface area contributed by atoms with E-state index in [1.165, 1.54) is 6.07 Å². The topological polar surface area (TPSA) is 174 Å². The van der Waals surface area contributed by atoms with Crippen LogP contribution in [0.4, 0.5) is 0 Å². The van der Waals surface area contributed by atoms with Crippen molar-refractivity contribution in [3.8, 4) is 5.75 Å². The summed E-state index contributed by atoms with van der Waals surface area (Å²) in [5, 5.41) is 32.0. The van der Waals surface area contributed by atoms with Crippen LogP contribution in [0.3, 0.4) is 0 Å². The molecule has 3 aromatic rings. The van der Waals surface area contributed by atoms with E-state index in [2.05, 4.69) is 16.0 Å².